The molecule has 1 atom stereocenters. The summed E-state index contributed by atoms with van der Waals surface area (Å²) in [6.45, 7) is 7.23. The third-order valence-electron chi connectivity index (χ3n) is 3.17. The maximum atomic E-state index is 5.71. The highest BCUT2D eigenvalue weighted by Crippen LogP contribution is 2.26. The Morgan fingerprint density at radius 1 is 1.45 bits per heavy atom. The molecule has 0 saturated carbocycles. The first-order chi connectivity index (χ1) is 9.61. The zero-order chi connectivity index (χ0) is 14.6. The van der Waals surface area contributed by atoms with Crippen molar-refractivity contribution >= 4 is 0 Å². The van der Waals surface area contributed by atoms with Crippen LogP contribution in [0, 0.1) is 0 Å². The minimum absolute atomic E-state index is 0.354. The number of nitrogens with two attached hydrogens (primary N) is 1. The van der Waals surface area contributed by atoms with Crippen LogP contribution in [0.1, 0.15) is 44.6 Å². The predicted molar refractivity (Wildman–Crippen MR) is 70.6 cm³/mol. The first-order valence-corrected chi connectivity index (χ1v) is 6.67. The van der Waals surface area contributed by atoms with Gasteiger partial charge in [0.1, 0.15) is 12.1 Å². The van der Waals surface area contributed by atoms with Crippen molar-refractivity contribution in [3.8, 4) is 0 Å². The van der Waals surface area contributed by atoms with Crippen LogP contribution in [0.15, 0.2) is 10.7 Å². The quantitative estimate of drug-likeness (QED) is 0.800. The van der Waals surface area contributed by atoms with Crippen molar-refractivity contribution in [2.45, 2.75) is 45.9 Å². The van der Waals surface area contributed by atoms with E-state index in [2.05, 4.69) is 20.5 Å². The average Bonchev–Trinajstić information content (AvgIpc) is 3.09. The topological polar surface area (TPSA) is 105 Å². The van der Waals surface area contributed by atoms with Crippen LogP contribution in [0.3, 0.4) is 0 Å². The number of hydrogen-bond donors (Lipinski definition) is 1. The summed E-state index contributed by atoms with van der Waals surface area (Å²) in [5, 5.41) is 11.8. The van der Waals surface area contributed by atoms with Crippen LogP contribution in [0.5, 0.6) is 0 Å². The van der Waals surface area contributed by atoms with Gasteiger partial charge in [0.05, 0.1) is 11.9 Å². The fourth-order valence-electron chi connectivity index (χ4n) is 1.83. The highest BCUT2D eigenvalue weighted by atomic mass is 16.5. The first-order valence-electron chi connectivity index (χ1n) is 6.67. The van der Waals surface area contributed by atoms with E-state index >= 15 is 0 Å². The van der Waals surface area contributed by atoms with Gasteiger partial charge < -0.3 is 15.0 Å². The van der Waals surface area contributed by atoms with E-state index < -0.39 is 5.60 Å². The van der Waals surface area contributed by atoms with Crippen LogP contribution in [-0.4, -0.2) is 31.7 Å². The lowest BCUT2D eigenvalue weighted by atomic mass is 10.0. The lowest BCUT2D eigenvalue weighted by Crippen LogP contribution is -2.26. The van der Waals surface area contributed by atoms with E-state index in [1.54, 1.807) is 10.9 Å². The van der Waals surface area contributed by atoms with E-state index in [-0.39, 0.29) is 0 Å². The number of rotatable bonds is 7. The second-order valence-corrected chi connectivity index (χ2v) is 4.64. The third-order valence-corrected chi connectivity index (χ3v) is 3.17. The number of hydrogen-bond acceptors (Lipinski definition) is 7. The molecule has 0 aliphatic carbocycles. The molecule has 8 nitrogen and oxygen atoms in total. The summed E-state index contributed by atoms with van der Waals surface area (Å²) < 4.78 is 12.6. The number of aromatic nitrogens is 5. The largest absolute Gasteiger partial charge is 0.367 e. The van der Waals surface area contributed by atoms with Gasteiger partial charge in [-0.15, -0.1) is 5.10 Å². The van der Waals surface area contributed by atoms with Crippen LogP contribution in [0.2, 0.25) is 0 Å². The predicted octanol–water partition coefficient (Wildman–Crippen LogP) is 0.830. The molecule has 2 aromatic heterocycles. The van der Waals surface area contributed by atoms with Gasteiger partial charge in [-0.05, 0) is 20.3 Å². The molecule has 0 fully saturated rings. The molecule has 2 heterocycles. The molecule has 2 rings (SSSR count). The minimum Gasteiger partial charge on any atom is -0.367 e. The molecule has 2 aromatic rings. The lowest BCUT2D eigenvalue weighted by Gasteiger charge is -2.23. The molecule has 0 spiro atoms. The van der Waals surface area contributed by atoms with Crippen molar-refractivity contribution in [2.24, 2.45) is 5.73 Å². The fraction of sp³-hybridized carbons (Fsp3) is 0.667. The third kappa shape index (κ3) is 3.02. The molecule has 1 unspecified atom stereocenters. The second-order valence-electron chi connectivity index (χ2n) is 4.64. The van der Waals surface area contributed by atoms with E-state index in [1.165, 1.54) is 0 Å². The molecule has 0 aromatic carbocycles. The van der Waals surface area contributed by atoms with Crippen molar-refractivity contribution in [2.75, 3.05) is 6.61 Å². The summed E-state index contributed by atoms with van der Waals surface area (Å²) >= 11 is 0. The molecule has 0 bridgehead atoms. The van der Waals surface area contributed by atoms with Gasteiger partial charge >= 0.3 is 0 Å². The Bertz CT molecular complexity index is 552. The lowest BCUT2D eigenvalue weighted by molar-refractivity contribution is -0.0403. The van der Waals surface area contributed by atoms with Crippen molar-refractivity contribution in [3.05, 3.63) is 23.6 Å². The van der Waals surface area contributed by atoms with Gasteiger partial charge in [-0.25, -0.2) is 4.68 Å². The average molecular weight is 280 g/mol. The highest BCUT2D eigenvalue weighted by molar-refractivity contribution is 5.00. The molecule has 0 saturated heterocycles. The van der Waals surface area contributed by atoms with Crippen LogP contribution >= 0.6 is 0 Å². The van der Waals surface area contributed by atoms with Gasteiger partial charge in [-0.2, -0.15) is 4.98 Å². The van der Waals surface area contributed by atoms with Crippen LogP contribution in [0.25, 0.3) is 0 Å². The number of ether oxygens (including phenoxy) is 1. The normalized spacial score (nSPS) is 14.4. The molecule has 0 aliphatic rings. The molecule has 110 valence electrons. The maximum absolute atomic E-state index is 5.71. The zero-order valence-corrected chi connectivity index (χ0v) is 12.0. The summed E-state index contributed by atoms with van der Waals surface area (Å²) in [5.41, 5.74) is 5.68. The Hall–Kier alpha value is -1.80. The van der Waals surface area contributed by atoms with E-state index in [9.17, 15) is 0 Å². The molecule has 0 amide bonds. The molecule has 20 heavy (non-hydrogen) atoms. The van der Waals surface area contributed by atoms with Crippen molar-refractivity contribution in [3.63, 3.8) is 0 Å². The van der Waals surface area contributed by atoms with Gasteiger partial charge in [-0.1, -0.05) is 17.3 Å². The molecule has 0 radical (unpaired) electrons. The van der Waals surface area contributed by atoms with Gasteiger partial charge in [0.25, 0.3) is 0 Å². The number of nitrogens with zero attached hydrogens (tertiary/aromatic N) is 5. The summed E-state index contributed by atoms with van der Waals surface area (Å²) in [6, 6.07) is 0. The standard InChI is InChI=1S/C12H20N6O2/c1-4-12(3,19-5-2)11-14-10(20-16-11)8-18-7-9(6-13)15-17-18/h7H,4-6,8,13H2,1-3H3. The Balaban J connectivity index is 2.12. The smallest absolute Gasteiger partial charge is 0.248 e. The van der Waals surface area contributed by atoms with Gasteiger partial charge in [0.2, 0.25) is 11.7 Å². The van der Waals surface area contributed by atoms with Gasteiger partial charge in [0.15, 0.2) is 0 Å². The Kier molecular flexibility index (Phi) is 4.46. The van der Waals surface area contributed by atoms with Crippen LogP contribution in [-0.2, 0) is 23.4 Å². The van der Waals surface area contributed by atoms with Gasteiger partial charge in [0, 0.05) is 13.2 Å². The summed E-state index contributed by atoms with van der Waals surface area (Å²) in [6.07, 6.45) is 2.52. The summed E-state index contributed by atoms with van der Waals surface area (Å²) in [7, 11) is 0. The fourth-order valence-corrected chi connectivity index (χ4v) is 1.83. The van der Waals surface area contributed by atoms with E-state index in [0.717, 1.165) is 12.1 Å². The highest BCUT2D eigenvalue weighted by Gasteiger charge is 2.30. The van der Waals surface area contributed by atoms with Crippen molar-refractivity contribution in [1.29, 1.82) is 0 Å². The van der Waals surface area contributed by atoms with E-state index in [1.807, 2.05) is 20.8 Å². The Morgan fingerprint density at radius 3 is 2.85 bits per heavy atom. The molecule has 2 N–H and O–H groups in total. The Labute approximate surface area is 117 Å². The zero-order valence-electron chi connectivity index (χ0n) is 12.0. The van der Waals surface area contributed by atoms with E-state index in [4.69, 9.17) is 15.0 Å². The summed E-state index contributed by atoms with van der Waals surface area (Å²) in [5.74, 6) is 1.02. The maximum Gasteiger partial charge on any atom is 0.248 e. The molecule has 8 heteroatoms. The second kappa shape index (κ2) is 6.10. The molecular weight excluding hydrogens is 260 g/mol. The first kappa shape index (κ1) is 14.6. The van der Waals surface area contributed by atoms with Gasteiger partial charge in [-0.3, -0.25) is 0 Å². The van der Waals surface area contributed by atoms with Crippen molar-refractivity contribution < 1.29 is 9.26 Å². The van der Waals surface area contributed by atoms with Crippen molar-refractivity contribution in [1.82, 2.24) is 25.1 Å². The van der Waals surface area contributed by atoms with E-state index in [0.29, 0.717) is 31.4 Å². The Morgan fingerprint density at radius 2 is 2.25 bits per heavy atom. The van der Waals surface area contributed by atoms with Crippen LogP contribution in [0.4, 0.5) is 0 Å². The minimum atomic E-state index is -0.527. The molecular formula is C12H20N6O2. The molecule has 0 aliphatic heterocycles. The summed E-state index contributed by atoms with van der Waals surface area (Å²) in [4.78, 5) is 4.38. The monoisotopic (exact) mass is 280 g/mol. The SMILES string of the molecule is CCOC(C)(CC)c1noc(Cn2cc(CN)nn2)n1. The van der Waals surface area contributed by atoms with Crippen LogP contribution < -0.4 is 5.73 Å².